The lowest BCUT2D eigenvalue weighted by molar-refractivity contribution is -0.199. The molecule has 1 heterocycles. The first-order chi connectivity index (χ1) is 14.8. The number of carbonyl (C=O) groups excluding carboxylic acids is 2. The summed E-state index contributed by atoms with van der Waals surface area (Å²) in [5.74, 6) is -3.83. The Kier molecular flexibility index (Phi) is 7.19. The van der Waals surface area contributed by atoms with E-state index in [0.717, 1.165) is 29.8 Å². The monoisotopic (exact) mass is 493 g/mol. The second kappa shape index (κ2) is 9.67. The van der Waals surface area contributed by atoms with Gasteiger partial charge in [0.1, 0.15) is 0 Å². The van der Waals surface area contributed by atoms with E-state index in [-0.39, 0.29) is 17.5 Å². The minimum absolute atomic E-state index is 0.0353. The Balaban J connectivity index is 1.63. The third kappa shape index (κ3) is 5.00. The van der Waals surface area contributed by atoms with Crippen molar-refractivity contribution in [2.45, 2.75) is 31.3 Å². The fourth-order valence-corrected chi connectivity index (χ4v) is 3.68. The minimum Gasteiger partial charge on any atom is -0.463 e. The zero-order chi connectivity index (χ0) is 22.6. The molecular formula is C22H24BrNO7. The first-order valence-electron chi connectivity index (χ1n) is 9.63. The van der Waals surface area contributed by atoms with Crippen molar-refractivity contribution in [1.82, 2.24) is 5.32 Å². The van der Waals surface area contributed by atoms with E-state index in [2.05, 4.69) is 30.7 Å². The number of halogens is 1. The van der Waals surface area contributed by atoms with Crippen LogP contribution < -0.4 is 14.8 Å². The van der Waals surface area contributed by atoms with Crippen molar-refractivity contribution in [2.75, 3.05) is 20.8 Å². The lowest BCUT2D eigenvalue weighted by Crippen LogP contribution is -2.55. The van der Waals surface area contributed by atoms with Crippen LogP contribution in [0.2, 0.25) is 0 Å². The van der Waals surface area contributed by atoms with Crippen LogP contribution in [-0.4, -0.2) is 49.6 Å². The topological polar surface area (TPSA) is 103 Å². The van der Waals surface area contributed by atoms with Gasteiger partial charge in [-0.3, -0.25) is 0 Å². The van der Waals surface area contributed by atoms with E-state index in [1.165, 1.54) is 0 Å². The van der Waals surface area contributed by atoms with Gasteiger partial charge >= 0.3 is 17.7 Å². The molecule has 2 aromatic carbocycles. The van der Waals surface area contributed by atoms with Crippen molar-refractivity contribution in [3.8, 4) is 11.5 Å². The summed E-state index contributed by atoms with van der Waals surface area (Å²) in [6.07, 6.45) is -0.0249. The first-order valence-corrected chi connectivity index (χ1v) is 10.4. The van der Waals surface area contributed by atoms with Crippen LogP contribution in [0.3, 0.4) is 0 Å². The number of aliphatic hydroxyl groups excluding tert-OH is 1. The fraction of sp³-hybridized carbons (Fsp3) is 0.364. The van der Waals surface area contributed by atoms with Gasteiger partial charge in [0.05, 0.1) is 20.3 Å². The molecule has 0 aliphatic carbocycles. The smallest absolute Gasteiger partial charge is 0.453 e. The van der Waals surface area contributed by atoms with Gasteiger partial charge in [-0.15, -0.1) is 0 Å². The van der Waals surface area contributed by atoms with Gasteiger partial charge in [-0.2, -0.15) is 0 Å². The molecule has 0 bridgehead atoms. The molecule has 1 aliphatic heterocycles. The number of fused-ring (bicyclic) bond motifs is 1. The van der Waals surface area contributed by atoms with Crippen molar-refractivity contribution in [2.24, 2.45) is 0 Å². The van der Waals surface area contributed by atoms with Crippen molar-refractivity contribution in [1.29, 1.82) is 0 Å². The number of methoxy groups -OCH3 is 2. The van der Waals surface area contributed by atoms with Crippen LogP contribution in [0.5, 0.6) is 11.5 Å². The average Bonchev–Trinajstić information content (AvgIpc) is 3.16. The maximum Gasteiger partial charge on any atom is 0.453 e. The highest BCUT2D eigenvalue weighted by Crippen LogP contribution is 2.41. The number of carbonyl (C=O) groups is 2. The normalized spacial score (nSPS) is 15.8. The van der Waals surface area contributed by atoms with Gasteiger partial charge in [0.15, 0.2) is 11.5 Å². The number of hydrogen-bond acceptors (Lipinski definition) is 8. The summed E-state index contributed by atoms with van der Waals surface area (Å²) in [6.45, 7) is 2.38. The number of aliphatic hydroxyl groups is 1. The van der Waals surface area contributed by atoms with E-state index in [1.54, 1.807) is 12.1 Å². The third-order valence-electron chi connectivity index (χ3n) is 4.86. The quantitative estimate of drug-likeness (QED) is 0.427. The highest BCUT2D eigenvalue weighted by atomic mass is 79.9. The van der Waals surface area contributed by atoms with Crippen LogP contribution in [0.15, 0.2) is 46.9 Å². The third-order valence-corrected chi connectivity index (χ3v) is 5.35. The Morgan fingerprint density at radius 3 is 2.42 bits per heavy atom. The maximum atomic E-state index is 12.1. The molecule has 3 rings (SSSR count). The summed E-state index contributed by atoms with van der Waals surface area (Å²) in [6, 6.07) is 12.7. The zero-order valence-electron chi connectivity index (χ0n) is 17.4. The Labute approximate surface area is 188 Å². The lowest BCUT2D eigenvalue weighted by Gasteiger charge is -2.21. The number of hydrogen-bond donors (Lipinski definition) is 2. The zero-order valence-corrected chi connectivity index (χ0v) is 19.0. The molecule has 0 radical (unpaired) electrons. The molecule has 0 spiro atoms. The van der Waals surface area contributed by atoms with Crippen molar-refractivity contribution in [3.63, 3.8) is 0 Å². The van der Waals surface area contributed by atoms with Gasteiger partial charge in [0.2, 0.25) is 0 Å². The average molecular weight is 494 g/mol. The molecule has 1 aliphatic rings. The minimum atomic E-state index is -2.30. The van der Waals surface area contributed by atoms with Crippen molar-refractivity contribution < 1.29 is 33.6 Å². The molecule has 2 N–H and O–H groups in total. The first kappa shape index (κ1) is 23.1. The summed E-state index contributed by atoms with van der Waals surface area (Å²) in [5.41, 5.74) is 1.71. The second-order valence-corrected chi connectivity index (χ2v) is 8.08. The van der Waals surface area contributed by atoms with Crippen LogP contribution in [-0.2, 0) is 25.5 Å². The van der Waals surface area contributed by atoms with E-state index in [0.29, 0.717) is 13.0 Å². The standard InChI is InChI=1S/C22H24BrNO7/c1-13(24-12-17(25)15-5-4-6-16(23)11-15)9-14-7-8-18-19(10-14)31-22(30-18,20(26)28-2)21(27)29-3/h4-8,10-11,13,17,24-25H,9,12H2,1-3H3. The van der Waals surface area contributed by atoms with Crippen LogP contribution in [0, 0.1) is 0 Å². The largest absolute Gasteiger partial charge is 0.463 e. The van der Waals surface area contributed by atoms with Gasteiger partial charge in [0, 0.05) is 17.1 Å². The molecule has 0 amide bonds. The number of esters is 2. The molecule has 166 valence electrons. The van der Waals surface area contributed by atoms with Gasteiger partial charge in [-0.25, -0.2) is 9.59 Å². The summed E-state index contributed by atoms with van der Waals surface area (Å²) >= 11 is 3.40. The van der Waals surface area contributed by atoms with E-state index >= 15 is 0 Å². The predicted octanol–water partition coefficient (Wildman–Crippen LogP) is 2.52. The van der Waals surface area contributed by atoms with Crippen LogP contribution in [0.25, 0.3) is 0 Å². The summed E-state index contributed by atoms with van der Waals surface area (Å²) in [7, 11) is 2.26. The van der Waals surface area contributed by atoms with Crippen LogP contribution in [0.1, 0.15) is 24.2 Å². The molecular weight excluding hydrogens is 470 g/mol. The molecule has 9 heteroatoms. The fourth-order valence-electron chi connectivity index (χ4n) is 3.26. The molecule has 31 heavy (non-hydrogen) atoms. The SMILES string of the molecule is COC(=O)C1(C(=O)OC)Oc2ccc(CC(C)NCC(O)c3cccc(Br)c3)cc2O1. The highest BCUT2D eigenvalue weighted by molar-refractivity contribution is 9.10. The summed E-state index contributed by atoms with van der Waals surface area (Å²) < 4.78 is 21.3. The molecule has 2 unspecified atom stereocenters. The molecule has 0 saturated heterocycles. The highest BCUT2D eigenvalue weighted by Gasteiger charge is 2.59. The van der Waals surface area contributed by atoms with Gasteiger partial charge in [0.25, 0.3) is 0 Å². The van der Waals surface area contributed by atoms with Crippen molar-refractivity contribution >= 4 is 27.9 Å². The van der Waals surface area contributed by atoms with Crippen LogP contribution in [0.4, 0.5) is 0 Å². The number of ether oxygens (including phenoxy) is 4. The Morgan fingerprint density at radius 2 is 1.77 bits per heavy atom. The Hall–Kier alpha value is -2.62. The predicted molar refractivity (Wildman–Crippen MR) is 115 cm³/mol. The van der Waals surface area contributed by atoms with E-state index in [9.17, 15) is 14.7 Å². The van der Waals surface area contributed by atoms with Gasteiger partial charge < -0.3 is 29.4 Å². The molecule has 0 saturated carbocycles. The van der Waals surface area contributed by atoms with Crippen molar-refractivity contribution in [3.05, 3.63) is 58.1 Å². The molecule has 2 atom stereocenters. The van der Waals surface area contributed by atoms with E-state index in [1.807, 2.05) is 37.3 Å². The van der Waals surface area contributed by atoms with Gasteiger partial charge in [-0.1, -0.05) is 34.1 Å². The van der Waals surface area contributed by atoms with Crippen LogP contribution >= 0.6 is 15.9 Å². The number of nitrogens with one attached hydrogen (secondary N) is 1. The molecule has 2 aromatic rings. The summed E-state index contributed by atoms with van der Waals surface area (Å²) in [4.78, 5) is 24.3. The second-order valence-electron chi connectivity index (χ2n) is 7.17. The van der Waals surface area contributed by atoms with E-state index in [4.69, 9.17) is 9.47 Å². The number of rotatable bonds is 8. The number of benzene rings is 2. The van der Waals surface area contributed by atoms with Gasteiger partial charge in [-0.05, 0) is 48.7 Å². The Bertz CT molecular complexity index is 949. The molecule has 0 aromatic heterocycles. The Morgan fingerprint density at radius 1 is 1.10 bits per heavy atom. The molecule has 0 fully saturated rings. The maximum absolute atomic E-state index is 12.1. The lowest BCUT2D eigenvalue weighted by atomic mass is 10.1. The molecule has 8 nitrogen and oxygen atoms in total. The van der Waals surface area contributed by atoms with E-state index < -0.39 is 23.8 Å². The summed E-state index contributed by atoms with van der Waals surface area (Å²) in [5, 5.41) is 13.7.